The molecule has 0 N–H and O–H groups in total. The molecule has 18 heavy (non-hydrogen) atoms. The first-order valence-corrected chi connectivity index (χ1v) is 6.64. The van der Waals surface area contributed by atoms with Crippen molar-refractivity contribution in [2.45, 2.75) is 19.3 Å². The zero-order valence-corrected chi connectivity index (χ0v) is 10.5. The summed E-state index contributed by atoms with van der Waals surface area (Å²) in [6, 6.07) is 10.7. The van der Waals surface area contributed by atoms with E-state index in [0.717, 1.165) is 32.4 Å². The Balaban J connectivity index is 1.77. The zero-order valence-electron chi connectivity index (χ0n) is 10.5. The van der Waals surface area contributed by atoms with Gasteiger partial charge < -0.3 is 4.90 Å². The monoisotopic (exact) mass is 238 g/mol. The van der Waals surface area contributed by atoms with E-state index in [4.69, 9.17) is 0 Å². The van der Waals surface area contributed by atoms with E-state index in [9.17, 15) is 0 Å². The molecule has 0 aromatic heterocycles. The lowest BCUT2D eigenvalue weighted by molar-refractivity contribution is 0.451. The average molecular weight is 238 g/mol. The molecular formula is C16H18N2. The van der Waals surface area contributed by atoms with Gasteiger partial charge in [0.05, 0.1) is 0 Å². The highest BCUT2D eigenvalue weighted by molar-refractivity contribution is 5.86. The molecule has 0 spiro atoms. The normalized spacial score (nSPS) is 19.4. The van der Waals surface area contributed by atoms with Crippen molar-refractivity contribution in [2.24, 2.45) is 4.99 Å². The molecule has 3 rings (SSSR count). The van der Waals surface area contributed by atoms with Gasteiger partial charge in [0, 0.05) is 25.7 Å². The Hall–Kier alpha value is -1.83. The fourth-order valence-corrected chi connectivity index (χ4v) is 2.56. The molecule has 2 aliphatic rings. The molecule has 0 aliphatic carbocycles. The van der Waals surface area contributed by atoms with Crippen LogP contribution < -0.4 is 0 Å². The van der Waals surface area contributed by atoms with Crippen LogP contribution in [0.4, 0.5) is 0 Å². The molecule has 0 amide bonds. The van der Waals surface area contributed by atoms with E-state index in [1.807, 2.05) is 6.20 Å². The van der Waals surface area contributed by atoms with Crippen LogP contribution in [0.1, 0.15) is 24.8 Å². The van der Waals surface area contributed by atoms with Gasteiger partial charge in [-0.2, -0.15) is 0 Å². The van der Waals surface area contributed by atoms with Gasteiger partial charge in [-0.1, -0.05) is 42.5 Å². The summed E-state index contributed by atoms with van der Waals surface area (Å²) in [5.74, 6) is 1.25. The topological polar surface area (TPSA) is 15.6 Å². The minimum atomic E-state index is 0.997. The first-order valence-electron chi connectivity index (χ1n) is 6.64. The summed E-state index contributed by atoms with van der Waals surface area (Å²) in [4.78, 5) is 6.94. The van der Waals surface area contributed by atoms with Gasteiger partial charge in [0.2, 0.25) is 0 Å². The molecule has 0 radical (unpaired) electrons. The minimum absolute atomic E-state index is 0.997. The van der Waals surface area contributed by atoms with Gasteiger partial charge in [-0.3, -0.25) is 0 Å². The van der Waals surface area contributed by atoms with Crippen LogP contribution in [0.25, 0.3) is 5.57 Å². The van der Waals surface area contributed by atoms with E-state index in [-0.39, 0.29) is 0 Å². The van der Waals surface area contributed by atoms with Gasteiger partial charge >= 0.3 is 0 Å². The maximum atomic E-state index is 4.52. The summed E-state index contributed by atoms with van der Waals surface area (Å²) in [5, 5.41) is 0. The van der Waals surface area contributed by atoms with Gasteiger partial charge in [0.1, 0.15) is 5.84 Å². The van der Waals surface area contributed by atoms with Crippen LogP contribution >= 0.6 is 0 Å². The Morgan fingerprint density at radius 2 is 1.94 bits per heavy atom. The van der Waals surface area contributed by atoms with Crippen molar-refractivity contribution in [3.8, 4) is 0 Å². The molecule has 92 valence electrons. The summed E-state index contributed by atoms with van der Waals surface area (Å²) < 4.78 is 0. The van der Waals surface area contributed by atoms with Gasteiger partial charge in [0.25, 0.3) is 0 Å². The summed E-state index contributed by atoms with van der Waals surface area (Å²) >= 11 is 0. The third kappa shape index (κ3) is 2.37. The van der Waals surface area contributed by atoms with Crippen LogP contribution in [0.3, 0.4) is 0 Å². The van der Waals surface area contributed by atoms with Crippen molar-refractivity contribution < 1.29 is 0 Å². The highest BCUT2D eigenvalue weighted by atomic mass is 15.2. The number of aliphatic imine (C=N–C) groups is 1. The Morgan fingerprint density at radius 1 is 1.06 bits per heavy atom. The molecule has 0 fully saturated rings. The lowest BCUT2D eigenvalue weighted by atomic mass is 10.0. The van der Waals surface area contributed by atoms with Crippen molar-refractivity contribution in [3.63, 3.8) is 0 Å². The quantitative estimate of drug-likeness (QED) is 0.731. The third-order valence-corrected chi connectivity index (χ3v) is 3.52. The van der Waals surface area contributed by atoms with Crippen molar-refractivity contribution in [1.82, 2.24) is 4.90 Å². The SMILES string of the molecule is C1=CN=C(N2CCC=C(c3ccccc3)C2)CC1. The largest absolute Gasteiger partial charge is 0.355 e. The Labute approximate surface area is 108 Å². The number of amidine groups is 1. The maximum absolute atomic E-state index is 4.52. The second kappa shape index (κ2) is 5.21. The first-order chi connectivity index (χ1) is 8.93. The summed E-state index contributed by atoms with van der Waals surface area (Å²) in [6.07, 6.45) is 9.77. The lowest BCUT2D eigenvalue weighted by Gasteiger charge is -2.31. The smallest absolute Gasteiger partial charge is 0.105 e. The maximum Gasteiger partial charge on any atom is 0.105 e. The molecule has 0 unspecified atom stereocenters. The lowest BCUT2D eigenvalue weighted by Crippen LogP contribution is -2.35. The fourth-order valence-electron chi connectivity index (χ4n) is 2.56. The Kier molecular flexibility index (Phi) is 3.26. The number of hydrogen-bond donors (Lipinski definition) is 0. The Morgan fingerprint density at radius 3 is 2.72 bits per heavy atom. The molecule has 0 saturated heterocycles. The first kappa shape index (κ1) is 11.3. The molecule has 0 atom stereocenters. The van der Waals surface area contributed by atoms with Crippen LogP contribution in [-0.4, -0.2) is 23.8 Å². The van der Waals surface area contributed by atoms with E-state index >= 15 is 0 Å². The number of benzene rings is 1. The van der Waals surface area contributed by atoms with E-state index in [1.165, 1.54) is 17.0 Å². The van der Waals surface area contributed by atoms with Gasteiger partial charge in [0.15, 0.2) is 0 Å². The third-order valence-electron chi connectivity index (χ3n) is 3.52. The molecule has 2 aliphatic heterocycles. The van der Waals surface area contributed by atoms with Crippen molar-refractivity contribution in [3.05, 3.63) is 54.2 Å². The summed E-state index contributed by atoms with van der Waals surface area (Å²) in [7, 11) is 0. The molecule has 0 bridgehead atoms. The van der Waals surface area contributed by atoms with Crippen LogP contribution in [0.2, 0.25) is 0 Å². The minimum Gasteiger partial charge on any atom is -0.355 e. The number of hydrogen-bond acceptors (Lipinski definition) is 2. The number of allylic oxidation sites excluding steroid dienone is 1. The van der Waals surface area contributed by atoms with Gasteiger partial charge in [-0.05, 0) is 24.0 Å². The van der Waals surface area contributed by atoms with Crippen LogP contribution in [0, 0.1) is 0 Å². The van der Waals surface area contributed by atoms with Crippen molar-refractivity contribution >= 4 is 11.4 Å². The zero-order chi connectivity index (χ0) is 12.2. The van der Waals surface area contributed by atoms with Crippen LogP contribution in [0.5, 0.6) is 0 Å². The standard InChI is InChI=1S/C16H18N2/c1-2-7-14(8-3-1)15-9-6-12-18(13-15)16-10-4-5-11-17-16/h1-3,5,7-9,11H,4,6,10,12-13H2. The van der Waals surface area contributed by atoms with Crippen LogP contribution in [-0.2, 0) is 0 Å². The number of nitrogens with zero attached hydrogens (tertiary/aromatic N) is 2. The van der Waals surface area contributed by atoms with E-state index < -0.39 is 0 Å². The van der Waals surface area contributed by atoms with Crippen LogP contribution in [0.15, 0.2) is 53.7 Å². The highest BCUT2D eigenvalue weighted by Gasteiger charge is 2.17. The average Bonchev–Trinajstić information content (AvgIpc) is 2.49. The molecule has 2 heterocycles. The Bertz CT molecular complexity index is 497. The second-order valence-corrected chi connectivity index (χ2v) is 4.77. The van der Waals surface area contributed by atoms with E-state index in [0.29, 0.717) is 0 Å². The second-order valence-electron chi connectivity index (χ2n) is 4.77. The summed E-state index contributed by atoms with van der Waals surface area (Å²) in [5.41, 5.74) is 2.77. The van der Waals surface area contributed by atoms with Crippen molar-refractivity contribution in [2.75, 3.05) is 13.1 Å². The molecular weight excluding hydrogens is 220 g/mol. The predicted molar refractivity (Wildman–Crippen MR) is 76.4 cm³/mol. The molecule has 2 heteroatoms. The predicted octanol–water partition coefficient (Wildman–Crippen LogP) is 3.48. The molecule has 0 saturated carbocycles. The van der Waals surface area contributed by atoms with Gasteiger partial charge in [-0.25, -0.2) is 4.99 Å². The molecule has 1 aromatic rings. The molecule has 1 aromatic carbocycles. The fraction of sp³-hybridized carbons (Fsp3) is 0.312. The summed E-state index contributed by atoms with van der Waals surface area (Å²) in [6.45, 7) is 2.10. The van der Waals surface area contributed by atoms with Crippen molar-refractivity contribution in [1.29, 1.82) is 0 Å². The number of rotatable bonds is 1. The highest BCUT2D eigenvalue weighted by Crippen LogP contribution is 2.22. The molecule has 2 nitrogen and oxygen atoms in total. The van der Waals surface area contributed by atoms with E-state index in [2.05, 4.69) is 52.4 Å². The van der Waals surface area contributed by atoms with Gasteiger partial charge in [-0.15, -0.1) is 0 Å². The van der Waals surface area contributed by atoms with E-state index in [1.54, 1.807) is 0 Å².